The monoisotopic (exact) mass is 392 g/mol. The summed E-state index contributed by atoms with van der Waals surface area (Å²) in [5.41, 5.74) is 9.44. The van der Waals surface area contributed by atoms with Crippen molar-refractivity contribution in [1.29, 1.82) is 0 Å². The maximum Gasteiger partial charge on any atom is 0.185 e. The summed E-state index contributed by atoms with van der Waals surface area (Å²) in [5.74, 6) is 0.657. The van der Waals surface area contributed by atoms with Crippen LogP contribution in [0, 0.1) is 0 Å². The van der Waals surface area contributed by atoms with Gasteiger partial charge in [0.05, 0.1) is 5.38 Å². The Balaban J connectivity index is 2.37. The van der Waals surface area contributed by atoms with Gasteiger partial charge < -0.3 is 16.2 Å². The zero-order valence-electron chi connectivity index (χ0n) is 14.7. The molecule has 1 heterocycles. The molecule has 1 aromatic heterocycles. The first kappa shape index (κ1) is 20.2. The number of aromatic nitrogens is 2. The molecule has 5 nitrogen and oxygen atoms in total. The van der Waals surface area contributed by atoms with E-state index in [4.69, 9.17) is 28.9 Å². The average Bonchev–Trinajstić information content (AvgIpc) is 2.64. The highest BCUT2D eigenvalue weighted by atomic mass is 35.5. The van der Waals surface area contributed by atoms with Crippen LogP contribution in [0.1, 0.15) is 25.1 Å². The number of benzene rings is 1. The molecule has 1 atom stereocenters. The normalized spacial score (nSPS) is 13.6. The Bertz CT molecular complexity index is 802. The minimum atomic E-state index is -0.355. The number of nitrogens with one attached hydrogen (secondary N) is 1. The number of nitrogens with zero attached hydrogens (tertiary/aromatic N) is 2. The third kappa shape index (κ3) is 5.21. The first-order valence-corrected chi connectivity index (χ1v) is 9.11. The van der Waals surface area contributed by atoms with Crippen LogP contribution in [-0.4, -0.2) is 26.3 Å². The molecule has 0 aliphatic heterocycles. The van der Waals surface area contributed by atoms with Crippen LogP contribution in [0.25, 0.3) is 5.57 Å². The highest BCUT2D eigenvalue weighted by Gasteiger charge is 2.17. The van der Waals surface area contributed by atoms with Gasteiger partial charge in [-0.15, -0.1) is 23.2 Å². The van der Waals surface area contributed by atoms with E-state index in [1.54, 1.807) is 0 Å². The molecule has 0 radical (unpaired) electrons. The fourth-order valence-electron chi connectivity index (χ4n) is 2.22. The number of aromatic hydroxyl groups is 1. The van der Waals surface area contributed by atoms with Crippen molar-refractivity contribution >= 4 is 40.3 Å². The predicted octanol–water partition coefficient (Wildman–Crippen LogP) is 4.58. The van der Waals surface area contributed by atoms with Gasteiger partial charge in [0.25, 0.3) is 0 Å². The average molecular weight is 393 g/mol. The fraction of sp³-hybridized carbons (Fsp3) is 0.263. The van der Waals surface area contributed by atoms with Crippen LogP contribution in [0.4, 0.5) is 11.5 Å². The summed E-state index contributed by atoms with van der Waals surface area (Å²) in [7, 11) is 0. The zero-order valence-corrected chi connectivity index (χ0v) is 16.2. The fourth-order valence-corrected chi connectivity index (χ4v) is 2.48. The van der Waals surface area contributed by atoms with Gasteiger partial charge in [0.2, 0.25) is 0 Å². The predicted molar refractivity (Wildman–Crippen MR) is 109 cm³/mol. The largest absolute Gasteiger partial charge is 0.503 e. The van der Waals surface area contributed by atoms with E-state index >= 15 is 0 Å². The summed E-state index contributed by atoms with van der Waals surface area (Å²) in [6, 6.07) is 7.56. The summed E-state index contributed by atoms with van der Waals surface area (Å²) >= 11 is 12.1. The van der Waals surface area contributed by atoms with E-state index in [9.17, 15) is 5.11 Å². The Kier molecular flexibility index (Phi) is 7.45. The number of hydrogen-bond donors (Lipinski definition) is 3. The van der Waals surface area contributed by atoms with Gasteiger partial charge in [-0.2, -0.15) is 0 Å². The van der Waals surface area contributed by atoms with Gasteiger partial charge in [0.15, 0.2) is 11.6 Å². The molecule has 0 amide bonds. The number of allylic oxidation sites excluding steroid dienone is 4. The lowest BCUT2D eigenvalue weighted by Crippen LogP contribution is -2.03. The van der Waals surface area contributed by atoms with E-state index in [0.717, 1.165) is 16.8 Å². The topological polar surface area (TPSA) is 84.1 Å². The lowest BCUT2D eigenvalue weighted by atomic mass is 10.1. The molecule has 2 aromatic rings. The van der Waals surface area contributed by atoms with E-state index in [0.29, 0.717) is 29.5 Å². The van der Waals surface area contributed by atoms with Gasteiger partial charge in [-0.25, -0.2) is 9.97 Å². The van der Waals surface area contributed by atoms with Crippen LogP contribution >= 0.6 is 23.2 Å². The molecular formula is C19H22Cl2N4O. The highest BCUT2D eigenvalue weighted by Crippen LogP contribution is 2.33. The Morgan fingerprint density at radius 2 is 1.96 bits per heavy atom. The molecular weight excluding hydrogens is 371 g/mol. The van der Waals surface area contributed by atoms with E-state index < -0.39 is 0 Å². The molecule has 4 N–H and O–H groups in total. The molecule has 0 spiro atoms. The summed E-state index contributed by atoms with van der Waals surface area (Å²) in [4.78, 5) is 8.33. The van der Waals surface area contributed by atoms with Crippen molar-refractivity contribution in [2.24, 2.45) is 5.73 Å². The van der Waals surface area contributed by atoms with E-state index in [-0.39, 0.29) is 11.1 Å². The quantitative estimate of drug-likeness (QED) is 0.474. The lowest BCUT2D eigenvalue weighted by molar-refractivity contribution is 0.470. The zero-order chi connectivity index (χ0) is 19.1. The Labute approximate surface area is 163 Å². The number of halogens is 2. The van der Waals surface area contributed by atoms with Crippen molar-refractivity contribution in [2.75, 3.05) is 11.2 Å². The molecule has 138 valence electrons. The second-order valence-corrected chi connectivity index (χ2v) is 6.75. The minimum absolute atomic E-state index is 0.0638. The molecule has 1 unspecified atom stereocenters. The number of anilines is 2. The highest BCUT2D eigenvalue weighted by molar-refractivity contribution is 6.26. The van der Waals surface area contributed by atoms with Crippen molar-refractivity contribution in [2.45, 2.75) is 25.8 Å². The Hall–Kier alpha value is -2.08. The van der Waals surface area contributed by atoms with Crippen LogP contribution < -0.4 is 11.1 Å². The van der Waals surface area contributed by atoms with Crippen molar-refractivity contribution in [3.05, 3.63) is 59.6 Å². The van der Waals surface area contributed by atoms with Crippen molar-refractivity contribution in [1.82, 2.24) is 9.97 Å². The molecule has 7 heteroatoms. The van der Waals surface area contributed by atoms with E-state index in [1.165, 1.54) is 6.33 Å². The Morgan fingerprint density at radius 3 is 2.54 bits per heavy atom. The molecule has 0 aliphatic rings. The van der Waals surface area contributed by atoms with Gasteiger partial charge >= 0.3 is 0 Å². The second-order valence-electron chi connectivity index (χ2n) is 5.83. The third-order valence-corrected chi connectivity index (χ3v) is 4.39. The van der Waals surface area contributed by atoms with Gasteiger partial charge in [-0.3, -0.25) is 0 Å². The number of alkyl halides is 2. The van der Waals surface area contributed by atoms with E-state index in [2.05, 4.69) is 15.3 Å². The summed E-state index contributed by atoms with van der Waals surface area (Å²) in [5, 5.41) is 13.4. The smallest absolute Gasteiger partial charge is 0.185 e. The summed E-state index contributed by atoms with van der Waals surface area (Å²) < 4.78 is 0. The van der Waals surface area contributed by atoms with Crippen molar-refractivity contribution in [3.63, 3.8) is 0 Å². The van der Waals surface area contributed by atoms with Gasteiger partial charge in [0.1, 0.15) is 12.0 Å². The molecule has 0 saturated carbocycles. The summed E-state index contributed by atoms with van der Waals surface area (Å²) in [6.45, 7) is 4.20. The third-order valence-electron chi connectivity index (χ3n) is 3.73. The Morgan fingerprint density at radius 1 is 1.27 bits per heavy atom. The molecule has 0 saturated heterocycles. The number of rotatable bonds is 7. The van der Waals surface area contributed by atoms with Crippen LogP contribution in [0.15, 0.2) is 48.3 Å². The molecule has 0 aliphatic carbocycles. The maximum absolute atomic E-state index is 10.6. The van der Waals surface area contributed by atoms with Crippen LogP contribution in [-0.2, 0) is 6.54 Å². The van der Waals surface area contributed by atoms with E-state index in [1.807, 2.05) is 50.3 Å². The second kappa shape index (κ2) is 9.57. The maximum atomic E-state index is 10.6. The van der Waals surface area contributed by atoms with Gasteiger partial charge in [-0.1, -0.05) is 29.9 Å². The van der Waals surface area contributed by atoms with Crippen LogP contribution in [0.2, 0.25) is 0 Å². The molecule has 1 aromatic carbocycles. The molecule has 0 fully saturated rings. The summed E-state index contributed by atoms with van der Waals surface area (Å²) in [6.07, 6.45) is 5.07. The molecule has 2 rings (SSSR count). The van der Waals surface area contributed by atoms with Gasteiger partial charge in [-0.05, 0) is 37.1 Å². The van der Waals surface area contributed by atoms with Crippen molar-refractivity contribution in [3.8, 4) is 5.75 Å². The molecule has 0 bridgehead atoms. The minimum Gasteiger partial charge on any atom is -0.503 e. The first-order valence-electron chi connectivity index (χ1n) is 8.14. The van der Waals surface area contributed by atoms with Crippen LogP contribution in [0.3, 0.4) is 0 Å². The SMILES string of the molecule is C/C(=C\C=C(\c1ncnc(Nc2ccc(CN)cc2)c1O)C(C)Cl)CCl. The lowest BCUT2D eigenvalue weighted by Gasteiger charge is -2.14. The standard InChI is InChI=1S/C19H22Cl2N4O/c1-12(9-20)3-8-16(13(2)21)17-18(26)19(24-11-23-17)25-15-6-4-14(10-22)5-7-15/h3-8,11,13,26H,9-10,22H2,1-2H3,(H,23,24,25)/b12-3+,16-8+. The van der Waals surface area contributed by atoms with Gasteiger partial charge in [0, 0.05) is 18.1 Å². The number of nitrogens with two attached hydrogens (primary N) is 1. The number of hydrogen-bond acceptors (Lipinski definition) is 5. The first-order chi connectivity index (χ1) is 12.5. The molecule has 26 heavy (non-hydrogen) atoms. The van der Waals surface area contributed by atoms with Crippen molar-refractivity contribution < 1.29 is 5.11 Å². The van der Waals surface area contributed by atoms with Crippen LogP contribution in [0.5, 0.6) is 5.75 Å².